The molecule has 102 valence electrons. The molecule has 0 fully saturated rings. The molecule has 1 unspecified atom stereocenters. The van der Waals surface area contributed by atoms with E-state index in [-0.39, 0.29) is 0 Å². The smallest absolute Gasteiger partial charge is 0.108 e. The summed E-state index contributed by atoms with van der Waals surface area (Å²) in [5, 5.41) is 4.30. The van der Waals surface area contributed by atoms with Crippen LogP contribution in [-0.4, -0.2) is 16.1 Å². The first-order valence-electron chi connectivity index (χ1n) is 6.65. The Kier molecular flexibility index (Phi) is 5.00. The summed E-state index contributed by atoms with van der Waals surface area (Å²) < 4.78 is 2.07. The number of aromatic nitrogens is 2. The SMILES string of the molecule is CCNC(CCc1nccn1C)c1cccc(Cl)c1. The Balaban J connectivity index is 2.06. The number of benzene rings is 1. The maximum atomic E-state index is 6.07. The molecule has 0 spiro atoms. The Bertz CT molecular complexity index is 522. The third-order valence-electron chi connectivity index (χ3n) is 3.28. The summed E-state index contributed by atoms with van der Waals surface area (Å²) in [7, 11) is 2.03. The fraction of sp³-hybridized carbons (Fsp3) is 0.400. The molecule has 1 N–H and O–H groups in total. The van der Waals surface area contributed by atoms with Crippen molar-refractivity contribution in [3.8, 4) is 0 Å². The molecule has 2 rings (SSSR count). The maximum Gasteiger partial charge on any atom is 0.108 e. The van der Waals surface area contributed by atoms with Crippen molar-refractivity contribution in [2.45, 2.75) is 25.8 Å². The van der Waals surface area contributed by atoms with Crippen LogP contribution >= 0.6 is 11.6 Å². The molecule has 0 bridgehead atoms. The molecular formula is C15H20ClN3. The lowest BCUT2D eigenvalue weighted by molar-refractivity contribution is 0.506. The summed E-state index contributed by atoms with van der Waals surface area (Å²) in [6.07, 6.45) is 5.79. The molecule has 1 aromatic carbocycles. The molecule has 1 aromatic heterocycles. The minimum atomic E-state index is 0.320. The summed E-state index contributed by atoms with van der Waals surface area (Å²) in [6.45, 7) is 3.07. The number of halogens is 1. The minimum absolute atomic E-state index is 0.320. The van der Waals surface area contributed by atoms with Gasteiger partial charge < -0.3 is 9.88 Å². The van der Waals surface area contributed by atoms with Gasteiger partial charge in [0.25, 0.3) is 0 Å². The van der Waals surface area contributed by atoms with Crippen LogP contribution in [0.15, 0.2) is 36.7 Å². The highest BCUT2D eigenvalue weighted by Crippen LogP contribution is 2.21. The van der Waals surface area contributed by atoms with Gasteiger partial charge in [-0.2, -0.15) is 0 Å². The lowest BCUT2D eigenvalue weighted by Gasteiger charge is -2.18. The molecule has 1 heterocycles. The van der Waals surface area contributed by atoms with E-state index in [2.05, 4.69) is 27.9 Å². The van der Waals surface area contributed by atoms with E-state index in [4.69, 9.17) is 11.6 Å². The summed E-state index contributed by atoms with van der Waals surface area (Å²) in [5.74, 6) is 1.12. The van der Waals surface area contributed by atoms with Gasteiger partial charge in [0.2, 0.25) is 0 Å². The first kappa shape index (κ1) is 14.1. The van der Waals surface area contributed by atoms with Gasteiger partial charge in [-0.15, -0.1) is 0 Å². The fourth-order valence-corrected chi connectivity index (χ4v) is 2.47. The molecule has 19 heavy (non-hydrogen) atoms. The predicted molar refractivity (Wildman–Crippen MR) is 79.4 cm³/mol. The molecule has 1 atom stereocenters. The lowest BCUT2D eigenvalue weighted by atomic mass is 10.0. The van der Waals surface area contributed by atoms with E-state index < -0.39 is 0 Å². The molecule has 0 saturated heterocycles. The molecule has 0 aliphatic carbocycles. The van der Waals surface area contributed by atoms with Gasteiger partial charge in [-0.3, -0.25) is 0 Å². The largest absolute Gasteiger partial charge is 0.338 e. The van der Waals surface area contributed by atoms with Crippen molar-refractivity contribution in [1.29, 1.82) is 0 Å². The molecule has 0 radical (unpaired) electrons. The first-order valence-corrected chi connectivity index (χ1v) is 7.03. The van der Waals surface area contributed by atoms with Crippen LogP contribution in [0.3, 0.4) is 0 Å². The molecule has 0 aliphatic heterocycles. The van der Waals surface area contributed by atoms with Crippen LogP contribution in [0.5, 0.6) is 0 Å². The second-order valence-electron chi connectivity index (χ2n) is 4.66. The van der Waals surface area contributed by atoms with Crippen LogP contribution in [0.2, 0.25) is 5.02 Å². The van der Waals surface area contributed by atoms with Gasteiger partial charge in [-0.25, -0.2) is 4.98 Å². The summed E-state index contributed by atoms with van der Waals surface area (Å²) in [6, 6.07) is 8.39. The third kappa shape index (κ3) is 3.82. The fourth-order valence-electron chi connectivity index (χ4n) is 2.27. The quantitative estimate of drug-likeness (QED) is 0.877. The van der Waals surface area contributed by atoms with E-state index in [1.807, 2.05) is 37.6 Å². The number of rotatable bonds is 6. The van der Waals surface area contributed by atoms with Crippen molar-refractivity contribution < 1.29 is 0 Å². The Hall–Kier alpha value is -1.32. The Morgan fingerprint density at radius 3 is 2.89 bits per heavy atom. The minimum Gasteiger partial charge on any atom is -0.338 e. The molecular weight excluding hydrogens is 258 g/mol. The normalized spacial score (nSPS) is 12.6. The molecule has 0 amide bonds. The van der Waals surface area contributed by atoms with Gasteiger partial charge in [0, 0.05) is 36.9 Å². The van der Waals surface area contributed by atoms with Crippen molar-refractivity contribution in [2.24, 2.45) is 7.05 Å². The number of hydrogen-bond donors (Lipinski definition) is 1. The van der Waals surface area contributed by atoms with Crippen molar-refractivity contribution in [3.63, 3.8) is 0 Å². The van der Waals surface area contributed by atoms with Crippen LogP contribution in [0, 0.1) is 0 Å². The average molecular weight is 278 g/mol. The van der Waals surface area contributed by atoms with Crippen LogP contribution in [-0.2, 0) is 13.5 Å². The topological polar surface area (TPSA) is 29.9 Å². The highest BCUT2D eigenvalue weighted by molar-refractivity contribution is 6.30. The average Bonchev–Trinajstić information content (AvgIpc) is 2.80. The van der Waals surface area contributed by atoms with Gasteiger partial charge in [-0.1, -0.05) is 30.7 Å². The third-order valence-corrected chi connectivity index (χ3v) is 3.51. The Morgan fingerprint density at radius 2 is 2.26 bits per heavy atom. The van der Waals surface area contributed by atoms with Gasteiger partial charge in [0.05, 0.1) is 0 Å². The highest BCUT2D eigenvalue weighted by Gasteiger charge is 2.12. The zero-order chi connectivity index (χ0) is 13.7. The van der Waals surface area contributed by atoms with Crippen LogP contribution < -0.4 is 5.32 Å². The lowest BCUT2D eigenvalue weighted by Crippen LogP contribution is -2.21. The zero-order valence-electron chi connectivity index (χ0n) is 11.4. The Labute approximate surface area is 119 Å². The Morgan fingerprint density at radius 1 is 1.42 bits per heavy atom. The second-order valence-corrected chi connectivity index (χ2v) is 5.09. The second kappa shape index (κ2) is 6.73. The summed E-state index contributed by atoms with van der Waals surface area (Å²) in [5.41, 5.74) is 1.24. The molecule has 4 heteroatoms. The zero-order valence-corrected chi connectivity index (χ0v) is 12.2. The number of hydrogen-bond acceptors (Lipinski definition) is 2. The number of nitrogens with zero attached hydrogens (tertiary/aromatic N) is 2. The predicted octanol–water partition coefficient (Wildman–Crippen LogP) is 3.36. The van der Waals surface area contributed by atoms with Crippen LogP contribution in [0.1, 0.15) is 30.8 Å². The van der Waals surface area contributed by atoms with Crippen LogP contribution in [0.25, 0.3) is 0 Å². The number of imidazole rings is 1. The summed E-state index contributed by atoms with van der Waals surface area (Å²) >= 11 is 6.07. The molecule has 3 nitrogen and oxygen atoms in total. The first-order chi connectivity index (χ1) is 9.20. The maximum absolute atomic E-state index is 6.07. The van der Waals surface area contributed by atoms with Gasteiger partial charge in [0.15, 0.2) is 0 Å². The van der Waals surface area contributed by atoms with Crippen molar-refractivity contribution in [1.82, 2.24) is 14.9 Å². The van der Waals surface area contributed by atoms with E-state index in [0.717, 1.165) is 30.2 Å². The van der Waals surface area contributed by atoms with Gasteiger partial charge >= 0.3 is 0 Å². The van der Waals surface area contributed by atoms with E-state index in [0.29, 0.717) is 6.04 Å². The van der Waals surface area contributed by atoms with Crippen LogP contribution in [0.4, 0.5) is 0 Å². The summed E-state index contributed by atoms with van der Waals surface area (Å²) in [4.78, 5) is 4.37. The molecule has 0 saturated carbocycles. The molecule has 2 aromatic rings. The number of aryl methyl sites for hydroxylation is 2. The highest BCUT2D eigenvalue weighted by atomic mass is 35.5. The van der Waals surface area contributed by atoms with E-state index >= 15 is 0 Å². The van der Waals surface area contributed by atoms with E-state index in [1.54, 1.807) is 0 Å². The van der Waals surface area contributed by atoms with Crippen molar-refractivity contribution in [3.05, 3.63) is 53.1 Å². The van der Waals surface area contributed by atoms with E-state index in [1.165, 1.54) is 5.56 Å². The van der Waals surface area contributed by atoms with Gasteiger partial charge in [0.1, 0.15) is 5.82 Å². The van der Waals surface area contributed by atoms with Crippen molar-refractivity contribution in [2.75, 3.05) is 6.54 Å². The van der Waals surface area contributed by atoms with E-state index in [9.17, 15) is 0 Å². The standard InChI is InChI=1S/C15H20ClN3/c1-3-17-14(12-5-4-6-13(16)11-12)7-8-15-18-9-10-19(15)2/h4-6,9-11,14,17H,3,7-8H2,1-2H3. The number of nitrogens with one attached hydrogen (secondary N) is 1. The van der Waals surface area contributed by atoms with Crippen molar-refractivity contribution >= 4 is 11.6 Å². The molecule has 0 aliphatic rings. The monoisotopic (exact) mass is 277 g/mol. The van der Waals surface area contributed by atoms with Gasteiger partial charge in [-0.05, 0) is 30.7 Å².